The third-order valence-electron chi connectivity index (χ3n) is 3.93. The maximum Gasteiger partial charge on any atom is 0.416 e. The van der Waals surface area contributed by atoms with Crippen molar-refractivity contribution in [1.82, 2.24) is 4.90 Å². The summed E-state index contributed by atoms with van der Waals surface area (Å²) >= 11 is 0. The molecule has 2 rings (SSSR count). The van der Waals surface area contributed by atoms with Crippen molar-refractivity contribution in [3.63, 3.8) is 0 Å². The Bertz CT molecular complexity index is 634. The quantitative estimate of drug-likeness (QED) is 0.780. The van der Waals surface area contributed by atoms with E-state index in [-0.39, 0.29) is 24.3 Å². The van der Waals surface area contributed by atoms with Crippen LogP contribution in [0, 0.1) is 5.92 Å². The molecule has 1 aromatic rings. The van der Waals surface area contributed by atoms with Crippen LogP contribution >= 0.6 is 0 Å². The van der Waals surface area contributed by atoms with Crippen LogP contribution in [-0.4, -0.2) is 29.9 Å². The van der Waals surface area contributed by atoms with Gasteiger partial charge < -0.3 is 21.7 Å². The SMILES string of the molecule is NCc1cc(NC(=O)C2CCCN(C(N)=O)C2)cc(C(F)(F)F)c1. The Kier molecular flexibility index (Phi) is 5.33. The van der Waals surface area contributed by atoms with Gasteiger partial charge in [-0.25, -0.2) is 4.79 Å². The third-order valence-corrected chi connectivity index (χ3v) is 3.93. The molecule has 132 valence electrons. The van der Waals surface area contributed by atoms with Crippen molar-refractivity contribution in [3.05, 3.63) is 29.3 Å². The van der Waals surface area contributed by atoms with Crippen LogP contribution in [0.25, 0.3) is 0 Å². The van der Waals surface area contributed by atoms with Gasteiger partial charge in [0.2, 0.25) is 5.91 Å². The van der Waals surface area contributed by atoms with Crippen LogP contribution in [-0.2, 0) is 17.5 Å². The lowest BCUT2D eigenvalue weighted by atomic mass is 9.97. The lowest BCUT2D eigenvalue weighted by Crippen LogP contribution is -2.46. The minimum absolute atomic E-state index is 0.0338. The molecule has 0 saturated carbocycles. The molecule has 0 aromatic heterocycles. The van der Waals surface area contributed by atoms with E-state index in [4.69, 9.17) is 11.5 Å². The molecule has 1 aliphatic heterocycles. The molecule has 1 saturated heterocycles. The van der Waals surface area contributed by atoms with Gasteiger partial charge in [0.15, 0.2) is 0 Å². The number of primary amides is 1. The van der Waals surface area contributed by atoms with Gasteiger partial charge in [-0.15, -0.1) is 0 Å². The van der Waals surface area contributed by atoms with E-state index in [9.17, 15) is 22.8 Å². The molecule has 1 fully saturated rings. The Hall–Kier alpha value is -2.29. The van der Waals surface area contributed by atoms with Crippen molar-refractivity contribution in [2.24, 2.45) is 17.4 Å². The van der Waals surface area contributed by atoms with Crippen molar-refractivity contribution >= 4 is 17.6 Å². The average Bonchev–Trinajstić information content (AvgIpc) is 2.53. The van der Waals surface area contributed by atoms with Crippen molar-refractivity contribution in [2.75, 3.05) is 18.4 Å². The molecule has 9 heteroatoms. The van der Waals surface area contributed by atoms with Gasteiger partial charge in [0.1, 0.15) is 0 Å². The highest BCUT2D eigenvalue weighted by Gasteiger charge is 2.32. The highest BCUT2D eigenvalue weighted by molar-refractivity contribution is 5.93. The molecule has 0 bridgehead atoms. The van der Waals surface area contributed by atoms with E-state index in [1.54, 1.807) is 0 Å². The maximum absolute atomic E-state index is 12.9. The first kappa shape index (κ1) is 18.1. The van der Waals surface area contributed by atoms with Gasteiger partial charge in [0, 0.05) is 25.3 Å². The molecule has 6 nitrogen and oxygen atoms in total. The first-order valence-electron chi connectivity index (χ1n) is 7.47. The average molecular weight is 344 g/mol. The Morgan fingerprint density at radius 2 is 2.00 bits per heavy atom. The number of hydrogen-bond acceptors (Lipinski definition) is 3. The van der Waals surface area contributed by atoms with Crippen molar-refractivity contribution in [2.45, 2.75) is 25.6 Å². The lowest BCUT2D eigenvalue weighted by molar-refractivity contribution is -0.137. The number of benzene rings is 1. The van der Waals surface area contributed by atoms with Crippen LogP contribution in [0.1, 0.15) is 24.0 Å². The Labute approximate surface area is 137 Å². The van der Waals surface area contributed by atoms with Crippen molar-refractivity contribution < 1.29 is 22.8 Å². The summed E-state index contributed by atoms with van der Waals surface area (Å²) in [7, 11) is 0. The molecule has 1 atom stereocenters. The van der Waals surface area contributed by atoms with Gasteiger partial charge in [-0.05, 0) is 36.6 Å². The fourth-order valence-electron chi connectivity index (χ4n) is 2.68. The molecule has 0 radical (unpaired) electrons. The van der Waals surface area contributed by atoms with Crippen LogP contribution in [0.15, 0.2) is 18.2 Å². The van der Waals surface area contributed by atoms with E-state index in [1.165, 1.54) is 11.0 Å². The van der Waals surface area contributed by atoms with Crippen LogP contribution in [0.3, 0.4) is 0 Å². The number of hydrogen-bond donors (Lipinski definition) is 3. The second kappa shape index (κ2) is 7.08. The number of carbonyl (C=O) groups is 2. The van der Waals surface area contributed by atoms with Crippen LogP contribution in [0.5, 0.6) is 0 Å². The second-order valence-corrected chi connectivity index (χ2v) is 5.73. The first-order chi connectivity index (χ1) is 11.2. The molecular weight excluding hydrogens is 325 g/mol. The van der Waals surface area contributed by atoms with E-state index >= 15 is 0 Å². The Morgan fingerprint density at radius 1 is 1.29 bits per heavy atom. The van der Waals surface area contributed by atoms with Crippen molar-refractivity contribution in [1.29, 1.82) is 0 Å². The largest absolute Gasteiger partial charge is 0.416 e. The standard InChI is InChI=1S/C15H19F3N4O2/c16-15(17,18)11-4-9(7-19)5-12(6-11)21-13(23)10-2-1-3-22(8-10)14(20)24/h4-6,10H,1-3,7-8,19H2,(H2,20,24)(H,21,23). The summed E-state index contributed by atoms with van der Waals surface area (Å²) in [4.78, 5) is 24.8. The van der Waals surface area contributed by atoms with Crippen molar-refractivity contribution in [3.8, 4) is 0 Å². The number of nitrogens with two attached hydrogens (primary N) is 2. The minimum Gasteiger partial charge on any atom is -0.351 e. The number of anilines is 1. The van der Waals surface area contributed by atoms with E-state index < -0.39 is 29.6 Å². The Morgan fingerprint density at radius 3 is 2.58 bits per heavy atom. The summed E-state index contributed by atoms with van der Waals surface area (Å²) in [6.45, 7) is 0.551. The smallest absolute Gasteiger partial charge is 0.351 e. The minimum atomic E-state index is -4.53. The number of likely N-dealkylation sites (tertiary alicyclic amines) is 1. The summed E-state index contributed by atoms with van der Waals surface area (Å²) < 4.78 is 38.7. The highest BCUT2D eigenvalue weighted by atomic mass is 19.4. The molecule has 1 unspecified atom stereocenters. The predicted octanol–water partition coefficient (Wildman–Crippen LogP) is 1.89. The van der Waals surface area contributed by atoms with E-state index in [0.717, 1.165) is 12.1 Å². The number of rotatable bonds is 3. The number of nitrogens with zero attached hydrogens (tertiary/aromatic N) is 1. The molecule has 0 spiro atoms. The maximum atomic E-state index is 12.9. The predicted molar refractivity (Wildman–Crippen MR) is 81.8 cm³/mol. The molecule has 1 heterocycles. The molecule has 24 heavy (non-hydrogen) atoms. The number of urea groups is 1. The number of carbonyl (C=O) groups excluding carboxylic acids is 2. The normalized spacial score (nSPS) is 18.3. The zero-order valence-corrected chi connectivity index (χ0v) is 12.9. The highest BCUT2D eigenvalue weighted by Crippen LogP contribution is 2.32. The van der Waals surface area contributed by atoms with E-state index in [0.29, 0.717) is 19.4 Å². The molecule has 3 amide bonds. The lowest BCUT2D eigenvalue weighted by Gasteiger charge is -2.30. The van der Waals surface area contributed by atoms with Crippen LogP contribution < -0.4 is 16.8 Å². The number of piperidine rings is 1. The zero-order chi connectivity index (χ0) is 17.9. The summed E-state index contributed by atoms with van der Waals surface area (Å²) in [5, 5.41) is 2.49. The number of halogens is 3. The van der Waals surface area contributed by atoms with Gasteiger partial charge >= 0.3 is 12.2 Å². The molecule has 0 aliphatic carbocycles. The fraction of sp³-hybridized carbons (Fsp3) is 0.467. The second-order valence-electron chi connectivity index (χ2n) is 5.73. The summed E-state index contributed by atoms with van der Waals surface area (Å²) in [6.07, 6.45) is -3.38. The van der Waals surface area contributed by atoms with Gasteiger partial charge in [0.25, 0.3) is 0 Å². The molecule has 1 aliphatic rings. The van der Waals surface area contributed by atoms with Crippen LogP contribution in [0.4, 0.5) is 23.7 Å². The number of nitrogens with one attached hydrogen (secondary N) is 1. The first-order valence-corrected chi connectivity index (χ1v) is 7.47. The van der Waals surface area contributed by atoms with Crippen LogP contribution in [0.2, 0.25) is 0 Å². The third kappa shape index (κ3) is 4.38. The van der Waals surface area contributed by atoms with Gasteiger partial charge in [-0.2, -0.15) is 13.2 Å². The van der Waals surface area contributed by atoms with Gasteiger partial charge in [-0.1, -0.05) is 0 Å². The Balaban J connectivity index is 2.15. The van der Waals surface area contributed by atoms with Gasteiger partial charge in [-0.3, -0.25) is 4.79 Å². The summed E-state index contributed by atoms with van der Waals surface area (Å²) in [6, 6.07) is 2.61. The monoisotopic (exact) mass is 344 g/mol. The molecule has 5 N–H and O–H groups in total. The topological polar surface area (TPSA) is 101 Å². The summed E-state index contributed by atoms with van der Waals surface area (Å²) in [5.41, 5.74) is 10.0. The number of alkyl halides is 3. The fourth-order valence-corrected chi connectivity index (χ4v) is 2.68. The summed E-state index contributed by atoms with van der Waals surface area (Å²) in [5.74, 6) is -0.953. The van der Waals surface area contributed by atoms with Gasteiger partial charge in [0.05, 0.1) is 11.5 Å². The zero-order valence-electron chi connectivity index (χ0n) is 12.9. The van der Waals surface area contributed by atoms with E-state index in [1.807, 2.05) is 0 Å². The molecular formula is C15H19F3N4O2. The van der Waals surface area contributed by atoms with E-state index in [2.05, 4.69) is 5.32 Å². The number of amides is 3. The molecule has 1 aromatic carbocycles.